The van der Waals surface area contributed by atoms with Gasteiger partial charge in [-0.2, -0.15) is 15.0 Å². The van der Waals surface area contributed by atoms with Gasteiger partial charge in [0.15, 0.2) is 0 Å². The lowest BCUT2D eigenvalue weighted by Gasteiger charge is -2.09. The second-order valence-corrected chi connectivity index (χ2v) is 4.98. The average Bonchev–Trinajstić information content (AvgIpc) is 2.33. The van der Waals surface area contributed by atoms with Gasteiger partial charge in [0, 0.05) is 10.2 Å². The van der Waals surface area contributed by atoms with Crippen molar-refractivity contribution in [2.75, 3.05) is 11.9 Å². The van der Waals surface area contributed by atoms with Crippen molar-refractivity contribution in [3.63, 3.8) is 0 Å². The van der Waals surface area contributed by atoms with Crippen LogP contribution in [0.5, 0.6) is 6.01 Å². The van der Waals surface area contributed by atoms with Crippen LogP contribution in [-0.4, -0.2) is 21.6 Å². The van der Waals surface area contributed by atoms with E-state index in [1.54, 1.807) is 0 Å². The third-order valence-electron chi connectivity index (χ3n) is 2.31. The largest absolute Gasteiger partial charge is 0.464 e. The fourth-order valence-electron chi connectivity index (χ4n) is 1.43. The average molecular weight is 344 g/mol. The molecule has 7 heteroatoms. The number of hydrogen-bond acceptors (Lipinski definition) is 5. The van der Waals surface area contributed by atoms with Gasteiger partial charge in [-0.15, -0.1) is 0 Å². The van der Waals surface area contributed by atoms with E-state index in [0.29, 0.717) is 12.6 Å². The zero-order valence-electron chi connectivity index (χ0n) is 10.4. The zero-order chi connectivity index (χ0) is 13.8. The molecule has 1 aromatic heterocycles. The molecule has 0 atom stereocenters. The molecule has 0 aliphatic carbocycles. The van der Waals surface area contributed by atoms with Crippen LogP contribution in [-0.2, 0) is 0 Å². The van der Waals surface area contributed by atoms with Gasteiger partial charge in [-0.1, -0.05) is 22.0 Å². The van der Waals surface area contributed by atoms with E-state index < -0.39 is 0 Å². The fraction of sp³-hybridized carbons (Fsp3) is 0.250. The molecule has 0 aliphatic rings. The molecular weight excluding hydrogens is 332 g/mol. The number of nitrogens with one attached hydrogen (secondary N) is 1. The van der Waals surface area contributed by atoms with E-state index in [0.717, 1.165) is 15.7 Å². The first kappa shape index (κ1) is 14.0. The molecule has 0 fully saturated rings. The Balaban J connectivity index is 2.29. The van der Waals surface area contributed by atoms with Gasteiger partial charge in [-0.3, -0.25) is 0 Å². The van der Waals surface area contributed by atoms with Gasteiger partial charge in [0.2, 0.25) is 11.2 Å². The predicted molar refractivity (Wildman–Crippen MR) is 78.2 cm³/mol. The summed E-state index contributed by atoms with van der Waals surface area (Å²) in [6, 6.07) is 6.09. The second-order valence-electron chi connectivity index (χ2n) is 3.73. The van der Waals surface area contributed by atoms with Gasteiger partial charge in [-0.25, -0.2) is 0 Å². The van der Waals surface area contributed by atoms with Gasteiger partial charge >= 0.3 is 6.01 Å². The molecule has 100 valence electrons. The normalized spacial score (nSPS) is 10.3. The highest BCUT2D eigenvalue weighted by Crippen LogP contribution is 2.23. The van der Waals surface area contributed by atoms with Crippen LogP contribution in [0.4, 0.5) is 11.6 Å². The highest BCUT2D eigenvalue weighted by atomic mass is 79.9. The van der Waals surface area contributed by atoms with Crippen molar-refractivity contribution in [1.29, 1.82) is 0 Å². The molecule has 0 bridgehead atoms. The van der Waals surface area contributed by atoms with Gasteiger partial charge in [0.1, 0.15) is 0 Å². The minimum absolute atomic E-state index is 0.0913. The first-order chi connectivity index (χ1) is 9.08. The van der Waals surface area contributed by atoms with Crippen LogP contribution in [0, 0.1) is 6.92 Å². The van der Waals surface area contributed by atoms with Crippen molar-refractivity contribution in [2.24, 2.45) is 0 Å². The number of nitrogens with zero attached hydrogens (tertiary/aromatic N) is 3. The molecule has 0 spiro atoms. The van der Waals surface area contributed by atoms with Crippen molar-refractivity contribution >= 4 is 39.2 Å². The highest BCUT2D eigenvalue weighted by Gasteiger charge is 2.07. The highest BCUT2D eigenvalue weighted by molar-refractivity contribution is 9.10. The van der Waals surface area contributed by atoms with Gasteiger partial charge in [0.25, 0.3) is 0 Å². The van der Waals surface area contributed by atoms with Crippen LogP contribution >= 0.6 is 27.5 Å². The summed E-state index contributed by atoms with van der Waals surface area (Å²) in [5.41, 5.74) is 1.96. The number of anilines is 2. The second kappa shape index (κ2) is 6.16. The van der Waals surface area contributed by atoms with Gasteiger partial charge in [0.05, 0.1) is 6.61 Å². The summed E-state index contributed by atoms with van der Waals surface area (Å²) in [5, 5.41) is 3.19. The summed E-state index contributed by atoms with van der Waals surface area (Å²) < 4.78 is 6.19. The molecule has 0 saturated carbocycles. The van der Waals surface area contributed by atoms with Crippen LogP contribution in [0.15, 0.2) is 22.7 Å². The van der Waals surface area contributed by atoms with E-state index in [9.17, 15) is 0 Å². The molecule has 19 heavy (non-hydrogen) atoms. The predicted octanol–water partition coefficient (Wildman–Crippen LogP) is 3.74. The number of benzene rings is 1. The lowest BCUT2D eigenvalue weighted by molar-refractivity contribution is 0.312. The van der Waals surface area contributed by atoms with E-state index >= 15 is 0 Å². The van der Waals surface area contributed by atoms with E-state index in [1.165, 1.54) is 0 Å². The Bertz CT molecular complexity index is 594. The molecule has 1 N–H and O–H groups in total. The van der Waals surface area contributed by atoms with Crippen LogP contribution in [0.1, 0.15) is 12.5 Å². The topological polar surface area (TPSA) is 59.9 Å². The number of aryl methyl sites for hydroxylation is 1. The molecule has 0 unspecified atom stereocenters. The Hall–Kier alpha value is -1.40. The molecular formula is C12H12BrClN4O. The summed E-state index contributed by atoms with van der Waals surface area (Å²) in [4.78, 5) is 12.0. The molecule has 0 saturated heterocycles. The minimum Gasteiger partial charge on any atom is -0.464 e. The minimum atomic E-state index is 0.0913. The smallest absolute Gasteiger partial charge is 0.322 e. The lowest BCUT2D eigenvalue weighted by atomic mass is 10.2. The molecule has 0 radical (unpaired) electrons. The number of ether oxygens (including phenoxy) is 1. The quantitative estimate of drug-likeness (QED) is 0.916. The molecule has 1 aromatic carbocycles. The molecule has 0 aliphatic heterocycles. The molecule has 2 rings (SSSR count). The maximum Gasteiger partial charge on any atom is 0.322 e. The molecule has 2 aromatic rings. The molecule has 1 heterocycles. The van der Waals surface area contributed by atoms with Crippen molar-refractivity contribution in [3.05, 3.63) is 33.5 Å². The third-order valence-corrected chi connectivity index (χ3v) is 2.97. The number of halogens is 2. The summed E-state index contributed by atoms with van der Waals surface area (Å²) in [6.07, 6.45) is 0. The summed E-state index contributed by atoms with van der Waals surface area (Å²) >= 11 is 9.25. The Morgan fingerprint density at radius 2 is 2.11 bits per heavy atom. The van der Waals surface area contributed by atoms with Crippen molar-refractivity contribution in [3.8, 4) is 6.01 Å². The molecule has 5 nitrogen and oxygen atoms in total. The molecule has 0 amide bonds. The van der Waals surface area contributed by atoms with Crippen molar-refractivity contribution in [2.45, 2.75) is 13.8 Å². The van der Waals surface area contributed by atoms with Crippen LogP contribution in [0.2, 0.25) is 5.28 Å². The first-order valence-electron chi connectivity index (χ1n) is 5.66. The first-order valence-corrected chi connectivity index (χ1v) is 6.83. The number of hydrogen-bond donors (Lipinski definition) is 1. The SMILES string of the molecule is CCOc1nc(Cl)nc(Nc2cc(Br)ccc2C)n1. The van der Waals surface area contributed by atoms with E-state index in [-0.39, 0.29) is 11.3 Å². The van der Waals surface area contributed by atoms with Crippen LogP contribution in [0.3, 0.4) is 0 Å². The number of rotatable bonds is 4. The Morgan fingerprint density at radius 1 is 1.32 bits per heavy atom. The standard InChI is InChI=1S/C12H12BrClN4O/c1-3-19-12-17-10(14)16-11(18-12)15-9-6-8(13)5-4-7(9)2/h4-6H,3H2,1-2H3,(H,15,16,17,18). The van der Waals surface area contributed by atoms with Crippen LogP contribution < -0.4 is 10.1 Å². The lowest BCUT2D eigenvalue weighted by Crippen LogP contribution is -2.04. The summed E-state index contributed by atoms with van der Waals surface area (Å²) in [5.74, 6) is 0.352. The zero-order valence-corrected chi connectivity index (χ0v) is 12.8. The summed E-state index contributed by atoms with van der Waals surface area (Å²) in [6.45, 7) is 4.31. The van der Waals surface area contributed by atoms with E-state index in [2.05, 4.69) is 36.2 Å². The van der Waals surface area contributed by atoms with Crippen molar-refractivity contribution < 1.29 is 4.74 Å². The van der Waals surface area contributed by atoms with E-state index in [1.807, 2.05) is 32.0 Å². The van der Waals surface area contributed by atoms with Crippen LogP contribution in [0.25, 0.3) is 0 Å². The fourth-order valence-corrected chi connectivity index (χ4v) is 1.94. The maximum atomic E-state index is 5.83. The van der Waals surface area contributed by atoms with Crippen molar-refractivity contribution in [1.82, 2.24) is 15.0 Å². The monoisotopic (exact) mass is 342 g/mol. The summed E-state index contributed by atoms with van der Waals surface area (Å²) in [7, 11) is 0. The Kier molecular flexibility index (Phi) is 4.55. The maximum absolute atomic E-state index is 5.83. The van der Waals surface area contributed by atoms with Gasteiger partial charge < -0.3 is 10.1 Å². The Labute approximate surface area is 124 Å². The third kappa shape index (κ3) is 3.78. The Morgan fingerprint density at radius 3 is 2.84 bits per heavy atom. The van der Waals surface area contributed by atoms with E-state index in [4.69, 9.17) is 16.3 Å². The number of aromatic nitrogens is 3. The van der Waals surface area contributed by atoms with Gasteiger partial charge in [-0.05, 0) is 43.1 Å².